The fourth-order valence-electron chi connectivity index (χ4n) is 0. The van der Waals surface area contributed by atoms with E-state index >= 15 is 0 Å². The van der Waals surface area contributed by atoms with Gasteiger partial charge in [0.1, 0.15) is 0 Å². The van der Waals surface area contributed by atoms with Crippen LogP contribution in [-0.2, 0) is 0 Å². The Morgan fingerprint density at radius 1 is 0.500 bits per heavy atom. The minimum atomic E-state index is 0. The molecule has 0 aliphatic rings. The Bertz CT molecular complexity index is 5.51. The van der Waals surface area contributed by atoms with Gasteiger partial charge in [-0.15, -0.1) is 67.9 Å². The van der Waals surface area contributed by atoms with Crippen molar-refractivity contribution in [1.82, 2.24) is 0 Å². The lowest BCUT2D eigenvalue weighted by atomic mass is 11.0. The second-order valence-corrected chi connectivity index (χ2v) is 0. The molecule has 0 saturated heterocycles. The van der Waals surface area contributed by atoms with Crippen LogP contribution in [0.25, 0.3) is 0 Å². The molecule has 0 spiro atoms. The highest BCUT2D eigenvalue weighted by Gasteiger charge is 0.932. The van der Waals surface area contributed by atoms with Gasteiger partial charge in [-0.05, 0) is 0 Å². The first kappa shape index (κ1) is 44.5. The monoisotopic (exact) mass is 350 g/mol. The molecule has 46 valence electrons. The number of hydrogen-bond acceptors (Lipinski definition) is 0. The van der Waals surface area contributed by atoms with E-state index in [1.54, 1.807) is 0 Å². The third-order valence-electron chi connectivity index (χ3n) is 0. The van der Waals surface area contributed by atoms with Crippen LogP contribution in [-0.4, -0.2) is 0 Å². The quantitative estimate of drug-likeness (QED) is 0.626. The van der Waals surface area contributed by atoms with Gasteiger partial charge >= 0.3 is 0 Å². The third-order valence-corrected chi connectivity index (χ3v) is 0. The first-order chi connectivity index (χ1) is 1.00. The Kier molecular flexibility index (Phi) is 488. The minimum absolute atomic E-state index is 0. The van der Waals surface area contributed by atoms with Crippen molar-refractivity contribution < 1.29 is 0 Å². The summed E-state index contributed by atoms with van der Waals surface area (Å²) in [6.07, 6.45) is 0. The largest absolute Gasteiger partial charge is 0.114 e. The summed E-state index contributed by atoms with van der Waals surface area (Å²) >= 11 is 0. The van der Waals surface area contributed by atoms with Crippen LogP contribution in [0.5, 0.6) is 0 Å². The van der Waals surface area contributed by atoms with Crippen LogP contribution in [0.3, 0.4) is 0 Å². The number of halogens is 4. The molecular weight excluding hydrogens is 344 g/mol. The molecule has 0 aliphatic carbocycles. The highest BCUT2D eigenvalue weighted by atomic mass is 79.9. The van der Waals surface area contributed by atoms with Gasteiger partial charge < -0.3 is 0 Å². The fraction of sp³-hybridized carbons (Fsp3) is 1.00. The molecule has 0 aliphatic heterocycles. The van der Waals surface area contributed by atoms with Crippen LogP contribution in [0.15, 0.2) is 0 Å². The predicted molar refractivity (Wildman–Crippen MR) is 52.6 cm³/mol. The summed E-state index contributed by atoms with van der Waals surface area (Å²) < 4.78 is 0. The highest BCUT2D eigenvalue weighted by molar-refractivity contribution is 8.93. The lowest BCUT2D eigenvalue weighted by molar-refractivity contribution is 1.50. The molecule has 0 fully saturated rings. The smallest absolute Gasteiger partial charge is 0.0683 e. The molecule has 0 atom stereocenters. The highest BCUT2D eigenvalue weighted by Crippen LogP contribution is 1.14. The van der Waals surface area contributed by atoms with Gasteiger partial charge in [-0.2, -0.15) is 0 Å². The summed E-state index contributed by atoms with van der Waals surface area (Å²) in [5.74, 6) is 0. The van der Waals surface area contributed by atoms with Crippen molar-refractivity contribution in [2.45, 2.75) is 13.8 Å². The Balaban J connectivity index is -0.000000000833. The Hall–Kier alpha value is 1.92. The van der Waals surface area contributed by atoms with E-state index in [1.807, 2.05) is 13.8 Å². The first-order valence-electron chi connectivity index (χ1n) is 1.00. The SMILES string of the molecule is Br.Br.Br.Br.CC. The summed E-state index contributed by atoms with van der Waals surface area (Å²) in [7, 11) is 0. The molecule has 6 heavy (non-hydrogen) atoms. The van der Waals surface area contributed by atoms with Crippen LogP contribution >= 0.6 is 67.9 Å². The molecule has 0 rings (SSSR count). The molecule has 0 aromatic rings. The van der Waals surface area contributed by atoms with Gasteiger partial charge in [0, 0.05) is 0 Å². The van der Waals surface area contributed by atoms with Crippen LogP contribution in [0.1, 0.15) is 13.8 Å². The van der Waals surface area contributed by atoms with Crippen molar-refractivity contribution in [3.63, 3.8) is 0 Å². The van der Waals surface area contributed by atoms with E-state index in [0.29, 0.717) is 0 Å². The van der Waals surface area contributed by atoms with Gasteiger partial charge in [0.25, 0.3) is 0 Å². The zero-order chi connectivity index (χ0) is 2.00. The van der Waals surface area contributed by atoms with Gasteiger partial charge in [-0.25, -0.2) is 0 Å². The number of hydrogen-bond donors (Lipinski definition) is 0. The molecule has 0 aromatic heterocycles. The Labute approximate surface area is 81.2 Å². The second kappa shape index (κ2) is 65.8. The third kappa shape index (κ3) is 38.9. The Morgan fingerprint density at radius 3 is 0.500 bits per heavy atom. The Morgan fingerprint density at radius 2 is 0.500 bits per heavy atom. The van der Waals surface area contributed by atoms with Crippen molar-refractivity contribution in [3.05, 3.63) is 0 Å². The minimum Gasteiger partial charge on any atom is -0.114 e. The molecule has 0 heterocycles. The van der Waals surface area contributed by atoms with Crippen LogP contribution in [0.2, 0.25) is 0 Å². The molecule has 0 unspecified atom stereocenters. The van der Waals surface area contributed by atoms with E-state index in [4.69, 9.17) is 0 Å². The summed E-state index contributed by atoms with van der Waals surface area (Å²) in [5, 5.41) is 0. The van der Waals surface area contributed by atoms with E-state index in [0.717, 1.165) is 0 Å². The van der Waals surface area contributed by atoms with Crippen molar-refractivity contribution in [3.8, 4) is 0 Å². The van der Waals surface area contributed by atoms with Crippen LogP contribution in [0, 0.1) is 0 Å². The lowest BCUT2D eigenvalue weighted by Crippen LogP contribution is -0.856. The molecular formula is C2H10Br4. The average molecular weight is 354 g/mol. The van der Waals surface area contributed by atoms with Crippen molar-refractivity contribution in [2.75, 3.05) is 0 Å². The van der Waals surface area contributed by atoms with Gasteiger partial charge in [-0.3, -0.25) is 0 Å². The van der Waals surface area contributed by atoms with E-state index in [1.165, 1.54) is 0 Å². The summed E-state index contributed by atoms with van der Waals surface area (Å²) in [6.45, 7) is 4.00. The fourth-order valence-corrected chi connectivity index (χ4v) is 0. The summed E-state index contributed by atoms with van der Waals surface area (Å²) in [5.41, 5.74) is 0. The summed E-state index contributed by atoms with van der Waals surface area (Å²) in [6, 6.07) is 0. The maximum absolute atomic E-state index is 2.00. The lowest BCUT2D eigenvalue weighted by Gasteiger charge is -1.07. The predicted octanol–water partition coefficient (Wildman–Crippen LogP) is 3.34. The topological polar surface area (TPSA) is 0 Å². The maximum atomic E-state index is 2.00. The first-order valence-corrected chi connectivity index (χ1v) is 1.00. The molecule has 0 N–H and O–H groups in total. The standard InChI is InChI=1S/C2H6.4BrH/c1-2;;;;/h1-2H3;4*1H. The van der Waals surface area contributed by atoms with Gasteiger partial charge in [0.2, 0.25) is 0 Å². The van der Waals surface area contributed by atoms with Crippen molar-refractivity contribution >= 4 is 67.9 Å². The van der Waals surface area contributed by atoms with Crippen molar-refractivity contribution in [2.24, 2.45) is 0 Å². The molecule has 0 radical (unpaired) electrons. The van der Waals surface area contributed by atoms with Crippen LogP contribution in [0.4, 0.5) is 0 Å². The summed E-state index contributed by atoms with van der Waals surface area (Å²) in [4.78, 5) is 0. The van der Waals surface area contributed by atoms with Gasteiger partial charge in [0.15, 0.2) is 0 Å². The zero-order valence-electron chi connectivity index (χ0n) is 3.63. The average Bonchev–Trinajstić information content (AvgIpc) is 1.00. The molecule has 0 bridgehead atoms. The molecule has 4 heteroatoms. The van der Waals surface area contributed by atoms with E-state index < -0.39 is 0 Å². The molecule has 0 nitrogen and oxygen atoms in total. The van der Waals surface area contributed by atoms with Gasteiger partial charge in [-0.1, -0.05) is 13.8 Å². The van der Waals surface area contributed by atoms with E-state index in [2.05, 4.69) is 0 Å². The van der Waals surface area contributed by atoms with Crippen molar-refractivity contribution in [1.29, 1.82) is 0 Å². The maximum Gasteiger partial charge on any atom is -0.0683 e. The normalized spacial score (nSPS) is 1.00. The zero-order valence-corrected chi connectivity index (χ0v) is 10.5. The van der Waals surface area contributed by atoms with Gasteiger partial charge in [0.05, 0.1) is 0 Å². The molecule has 0 amide bonds. The number of rotatable bonds is 0. The van der Waals surface area contributed by atoms with Crippen LogP contribution < -0.4 is 0 Å². The van der Waals surface area contributed by atoms with E-state index in [9.17, 15) is 0 Å². The molecule has 0 saturated carbocycles. The molecule has 0 aromatic carbocycles. The second-order valence-electron chi connectivity index (χ2n) is 0. The van der Waals surface area contributed by atoms with E-state index in [-0.39, 0.29) is 67.9 Å².